The fourth-order valence-electron chi connectivity index (χ4n) is 1.59. The Bertz CT molecular complexity index is 534. The number of nitrogens with one attached hydrogen (secondary N) is 1. The van der Waals surface area contributed by atoms with Crippen LogP contribution in [0, 0.1) is 0 Å². The lowest BCUT2D eigenvalue weighted by molar-refractivity contribution is 0.103. The van der Waals surface area contributed by atoms with E-state index < -0.39 is 0 Å². The van der Waals surface area contributed by atoms with E-state index >= 15 is 0 Å². The Morgan fingerprint density at radius 1 is 1.06 bits per heavy atom. The van der Waals surface area contributed by atoms with E-state index in [0.29, 0.717) is 11.1 Å². The van der Waals surface area contributed by atoms with Gasteiger partial charge in [-0.25, -0.2) is 0 Å². The minimum atomic E-state index is 0.0279. The summed E-state index contributed by atoms with van der Waals surface area (Å²) in [4.78, 5) is 12.2. The van der Waals surface area contributed by atoms with Gasteiger partial charge in [-0.1, -0.05) is 28.1 Å². The first-order chi connectivity index (χ1) is 8.22. The van der Waals surface area contributed by atoms with E-state index in [1.54, 1.807) is 0 Å². The van der Waals surface area contributed by atoms with Gasteiger partial charge in [0.1, 0.15) is 0 Å². The number of halogens is 1. The van der Waals surface area contributed by atoms with Crippen LogP contribution in [0.3, 0.4) is 0 Å². The molecule has 2 rings (SSSR count). The van der Waals surface area contributed by atoms with Crippen LogP contribution in [0.1, 0.15) is 15.9 Å². The highest BCUT2D eigenvalue weighted by Gasteiger charge is 2.11. The lowest BCUT2D eigenvalue weighted by Gasteiger charge is -2.05. The van der Waals surface area contributed by atoms with Gasteiger partial charge in [-0.15, -0.1) is 0 Å². The molecule has 0 radical (unpaired) electrons. The Balaban J connectivity index is 2.34. The predicted molar refractivity (Wildman–Crippen MR) is 73.6 cm³/mol. The molecule has 0 aliphatic heterocycles. The van der Waals surface area contributed by atoms with Crippen LogP contribution in [0.25, 0.3) is 0 Å². The summed E-state index contributed by atoms with van der Waals surface area (Å²) in [5.74, 6) is 0.0279. The maximum atomic E-state index is 12.2. The molecule has 0 fully saturated rings. The molecule has 0 saturated carbocycles. The van der Waals surface area contributed by atoms with Crippen molar-refractivity contribution in [3.05, 3.63) is 64.1 Å². The average molecular weight is 290 g/mol. The van der Waals surface area contributed by atoms with E-state index in [4.69, 9.17) is 0 Å². The molecule has 1 N–H and O–H groups in total. The minimum absolute atomic E-state index is 0.0279. The molecule has 0 bridgehead atoms. The number of anilines is 1. The van der Waals surface area contributed by atoms with Gasteiger partial charge in [-0.2, -0.15) is 0 Å². The second-order valence-electron chi connectivity index (χ2n) is 3.64. The first-order valence-electron chi connectivity index (χ1n) is 5.29. The summed E-state index contributed by atoms with van der Waals surface area (Å²) in [7, 11) is 1.85. The fourth-order valence-corrected chi connectivity index (χ4v) is 2.05. The average Bonchev–Trinajstić information content (AvgIpc) is 2.39. The largest absolute Gasteiger partial charge is 0.388 e. The number of rotatable bonds is 3. The van der Waals surface area contributed by atoms with Crippen molar-refractivity contribution < 1.29 is 4.79 Å². The van der Waals surface area contributed by atoms with Crippen molar-refractivity contribution in [2.45, 2.75) is 0 Å². The van der Waals surface area contributed by atoms with Crippen LogP contribution < -0.4 is 5.32 Å². The molecule has 0 heterocycles. The van der Waals surface area contributed by atoms with Crippen molar-refractivity contribution in [3.8, 4) is 0 Å². The molecule has 0 spiro atoms. The summed E-state index contributed by atoms with van der Waals surface area (Å²) >= 11 is 3.39. The smallest absolute Gasteiger partial charge is 0.194 e. The summed E-state index contributed by atoms with van der Waals surface area (Å²) in [6.07, 6.45) is 0. The van der Waals surface area contributed by atoms with Crippen LogP contribution in [0.5, 0.6) is 0 Å². The maximum absolute atomic E-state index is 12.2. The Labute approximate surface area is 109 Å². The first-order valence-corrected chi connectivity index (χ1v) is 6.08. The predicted octanol–water partition coefficient (Wildman–Crippen LogP) is 3.72. The number of hydrogen-bond acceptors (Lipinski definition) is 2. The molecule has 2 nitrogen and oxygen atoms in total. The fraction of sp³-hybridized carbons (Fsp3) is 0.0714. The van der Waals surface area contributed by atoms with Crippen molar-refractivity contribution in [1.82, 2.24) is 0 Å². The Morgan fingerprint density at radius 2 is 1.71 bits per heavy atom. The quantitative estimate of drug-likeness (QED) is 0.873. The lowest BCUT2D eigenvalue weighted by atomic mass is 10.0. The number of benzene rings is 2. The molecule has 0 aliphatic rings. The van der Waals surface area contributed by atoms with Gasteiger partial charge in [0.2, 0.25) is 0 Å². The summed E-state index contributed by atoms with van der Waals surface area (Å²) in [6, 6.07) is 14.9. The third kappa shape index (κ3) is 2.56. The zero-order chi connectivity index (χ0) is 12.3. The van der Waals surface area contributed by atoms with E-state index in [9.17, 15) is 4.79 Å². The van der Waals surface area contributed by atoms with Crippen molar-refractivity contribution in [3.63, 3.8) is 0 Å². The Morgan fingerprint density at radius 3 is 2.29 bits per heavy atom. The maximum Gasteiger partial charge on any atom is 0.194 e. The summed E-state index contributed by atoms with van der Waals surface area (Å²) in [5, 5.41) is 3.02. The molecule has 0 saturated heterocycles. The first kappa shape index (κ1) is 11.9. The summed E-state index contributed by atoms with van der Waals surface area (Å²) in [6.45, 7) is 0. The second-order valence-corrected chi connectivity index (χ2v) is 4.49. The third-order valence-corrected chi connectivity index (χ3v) is 3.25. The highest BCUT2D eigenvalue weighted by Crippen LogP contribution is 2.20. The molecule has 0 unspecified atom stereocenters. The highest BCUT2D eigenvalue weighted by atomic mass is 79.9. The minimum Gasteiger partial charge on any atom is -0.388 e. The molecular weight excluding hydrogens is 278 g/mol. The van der Waals surface area contributed by atoms with Crippen LogP contribution in [-0.2, 0) is 0 Å². The molecule has 2 aromatic rings. The number of carbonyl (C=O) groups is 1. The summed E-state index contributed by atoms with van der Waals surface area (Å²) < 4.78 is 0.822. The monoisotopic (exact) mass is 289 g/mol. The van der Waals surface area contributed by atoms with Gasteiger partial charge in [0, 0.05) is 28.3 Å². The molecule has 0 amide bonds. The van der Waals surface area contributed by atoms with Gasteiger partial charge >= 0.3 is 0 Å². The van der Waals surface area contributed by atoms with Crippen molar-refractivity contribution >= 4 is 27.4 Å². The summed E-state index contributed by atoms with van der Waals surface area (Å²) in [5.41, 5.74) is 2.37. The molecule has 17 heavy (non-hydrogen) atoms. The van der Waals surface area contributed by atoms with Gasteiger partial charge in [0.25, 0.3) is 0 Å². The van der Waals surface area contributed by atoms with Crippen LogP contribution >= 0.6 is 15.9 Å². The number of carbonyl (C=O) groups excluding carboxylic acids is 1. The third-order valence-electron chi connectivity index (χ3n) is 2.55. The van der Waals surface area contributed by atoms with Crippen LogP contribution in [0.15, 0.2) is 53.0 Å². The molecule has 0 aliphatic carbocycles. The molecule has 0 atom stereocenters. The van der Waals surface area contributed by atoms with Gasteiger partial charge in [-0.3, -0.25) is 4.79 Å². The Kier molecular flexibility index (Phi) is 3.59. The van der Waals surface area contributed by atoms with Gasteiger partial charge in [0.15, 0.2) is 5.78 Å². The Hall–Kier alpha value is -1.61. The van der Waals surface area contributed by atoms with E-state index in [1.165, 1.54) is 0 Å². The number of ketones is 1. The SMILES string of the molecule is CNc1ccc(C(=O)c2ccccc2Br)cc1. The molecule has 0 aromatic heterocycles. The zero-order valence-corrected chi connectivity index (χ0v) is 11.0. The zero-order valence-electron chi connectivity index (χ0n) is 9.41. The van der Waals surface area contributed by atoms with Crippen molar-refractivity contribution in [1.29, 1.82) is 0 Å². The van der Waals surface area contributed by atoms with Crippen LogP contribution in [-0.4, -0.2) is 12.8 Å². The lowest BCUT2D eigenvalue weighted by Crippen LogP contribution is -2.02. The second kappa shape index (κ2) is 5.15. The standard InChI is InChI=1S/C14H12BrNO/c1-16-11-8-6-10(7-9-11)14(17)12-4-2-3-5-13(12)15/h2-9,16H,1H3. The van der Waals surface area contributed by atoms with E-state index in [2.05, 4.69) is 21.2 Å². The topological polar surface area (TPSA) is 29.1 Å². The van der Waals surface area contributed by atoms with Gasteiger partial charge in [-0.05, 0) is 36.4 Å². The van der Waals surface area contributed by atoms with Gasteiger partial charge < -0.3 is 5.32 Å². The molecule has 86 valence electrons. The van der Waals surface area contributed by atoms with E-state index in [-0.39, 0.29) is 5.78 Å². The van der Waals surface area contributed by atoms with Crippen molar-refractivity contribution in [2.24, 2.45) is 0 Å². The van der Waals surface area contributed by atoms with E-state index in [1.807, 2.05) is 55.6 Å². The van der Waals surface area contributed by atoms with Crippen LogP contribution in [0.2, 0.25) is 0 Å². The molecular formula is C14H12BrNO. The van der Waals surface area contributed by atoms with Crippen molar-refractivity contribution in [2.75, 3.05) is 12.4 Å². The van der Waals surface area contributed by atoms with Crippen LogP contribution in [0.4, 0.5) is 5.69 Å². The molecule has 3 heteroatoms. The number of hydrogen-bond donors (Lipinski definition) is 1. The molecule has 2 aromatic carbocycles. The van der Waals surface area contributed by atoms with Gasteiger partial charge in [0.05, 0.1) is 0 Å². The normalized spacial score (nSPS) is 10.0. The van der Waals surface area contributed by atoms with E-state index in [0.717, 1.165) is 10.2 Å². The highest BCUT2D eigenvalue weighted by molar-refractivity contribution is 9.10.